The van der Waals surface area contributed by atoms with Gasteiger partial charge in [0.05, 0.1) is 18.0 Å². The molecule has 1 aliphatic heterocycles. The number of nitriles is 1. The summed E-state index contributed by atoms with van der Waals surface area (Å²) in [6, 6.07) is 2.75. The molecule has 2 fully saturated rings. The van der Waals surface area contributed by atoms with Gasteiger partial charge in [0.25, 0.3) is 0 Å². The van der Waals surface area contributed by atoms with E-state index < -0.39 is 0 Å². The molecule has 4 heteroatoms. The molecule has 0 aromatic rings. The van der Waals surface area contributed by atoms with E-state index >= 15 is 0 Å². The molecular weight excluding hydrogens is 238 g/mol. The van der Waals surface area contributed by atoms with E-state index in [0.29, 0.717) is 0 Å². The van der Waals surface area contributed by atoms with Crippen molar-refractivity contribution in [2.75, 3.05) is 13.6 Å². The Balaban J connectivity index is 2.12. The molecule has 1 amide bonds. The lowest BCUT2D eigenvalue weighted by Crippen LogP contribution is -2.51. The van der Waals surface area contributed by atoms with Crippen molar-refractivity contribution in [1.29, 1.82) is 5.26 Å². The predicted octanol–water partition coefficient (Wildman–Crippen LogP) is 1.92. The van der Waals surface area contributed by atoms with Crippen LogP contribution >= 0.6 is 0 Å². The van der Waals surface area contributed by atoms with Crippen LogP contribution in [0.1, 0.15) is 45.4 Å². The van der Waals surface area contributed by atoms with Crippen molar-refractivity contribution in [1.82, 2.24) is 10.2 Å². The average molecular weight is 263 g/mol. The Morgan fingerprint density at radius 3 is 2.84 bits per heavy atom. The van der Waals surface area contributed by atoms with Crippen molar-refractivity contribution < 1.29 is 4.79 Å². The summed E-state index contributed by atoms with van der Waals surface area (Å²) in [5.41, 5.74) is 0. The highest BCUT2D eigenvalue weighted by Gasteiger charge is 2.41. The van der Waals surface area contributed by atoms with Gasteiger partial charge in [0.1, 0.15) is 0 Å². The van der Waals surface area contributed by atoms with E-state index in [1.807, 2.05) is 0 Å². The quantitative estimate of drug-likeness (QED) is 0.846. The van der Waals surface area contributed by atoms with Crippen LogP contribution in [-0.2, 0) is 4.79 Å². The number of carbonyl (C=O) groups excluding carboxylic acids is 1. The van der Waals surface area contributed by atoms with Crippen molar-refractivity contribution in [3.63, 3.8) is 0 Å². The molecule has 1 heterocycles. The van der Waals surface area contributed by atoms with Crippen LogP contribution < -0.4 is 5.32 Å². The number of hydrogen-bond donors (Lipinski definition) is 1. The molecule has 4 nitrogen and oxygen atoms in total. The van der Waals surface area contributed by atoms with Crippen molar-refractivity contribution in [2.24, 2.45) is 11.8 Å². The van der Waals surface area contributed by atoms with E-state index in [1.165, 1.54) is 12.8 Å². The van der Waals surface area contributed by atoms with E-state index in [4.69, 9.17) is 0 Å². The zero-order valence-corrected chi connectivity index (χ0v) is 12.1. The number of nitrogens with zero attached hydrogens (tertiary/aromatic N) is 2. The van der Waals surface area contributed by atoms with Crippen LogP contribution in [0.15, 0.2) is 0 Å². The highest BCUT2D eigenvalue weighted by molar-refractivity contribution is 5.81. The molecule has 4 unspecified atom stereocenters. The maximum Gasteiger partial charge on any atom is 0.237 e. The average Bonchev–Trinajstić information content (AvgIpc) is 2.94. The minimum absolute atomic E-state index is 0.0125. The summed E-state index contributed by atoms with van der Waals surface area (Å²) < 4.78 is 0. The van der Waals surface area contributed by atoms with E-state index in [1.54, 1.807) is 7.05 Å². The largest absolute Gasteiger partial charge is 0.358 e. The Hall–Kier alpha value is -1.08. The number of rotatable bonds is 3. The first-order valence-corrected chi connectivity index (χ1v) is 7.58. The van der Waals surface area contributed by atoms with Gasteiger partial charge in [-0.2, -0.15) is 5.26 Å². The SMILES string of the molecule is CCC1CCC(C#N)C(N2CCCC2C(=O)NC)C1. The van der Waals surface area contributed by atoms with Crippen LogP contribution in [0.25, 0.3) is 0 Å². The lowest BCUT2D eigenvalue weighted by atomic mass is 9.77. The summed E-state index contributed by atoms with van der Waals surface area (Å²) >= 11 is 0. The van der Waals surface area contributed by atoms with Crippen molar-refractivity contribution in [3.8, 4) is 6.07 Å². The van der Waals surface area contributed by atoms with Gasteiger partial charge in [-0.3, -0.25) is 9.69 Å². The van der Waals surface area contributed by atoms with Gasteiger partial charge in [-0.05, 0) is 44.6 Å². The first-order valence-electron chi connectivity index (χ1n) is 7.58. The van der Waals surface area contributed by atoms with Gasteiger partial charge in [-0.25, -0.2) is 0 Å². The molecule has 2 aliphatic rings. The molecule has 19 heavy (non-hydrogen) atoms. The molecule has 2 rings (SSSR count). The maximum absolute atomic E-state index is 12.0. The molecule has 0 bridgehead atoms. The molecule has 0 radical (unpaired) electrons. The second kappa shape index (κ2) is 6.38. The summed E-state index contributed by atoms with van der Waals surface area (Å²) in [7, 11) is 1.70. The lowest BCUT2D eigenvalue weighted by molar-refractivity contribution is -0.126. The minimum Gasteiger partial charge on any atom is -0.358 e. The van der Waals surface area contributed by atoms with Crippen LogP contribution in [0.2, 0.25) is 0 Å². The van der Waals surface area contributed by atoms with E-state index in [0.717, 1.165) is 38.1 Å². The third-order valence-corrected chi connectivity index (χ3v) is 4.94. The van der Waals surface area contributed by atoms with Gasteiger partial charge in [0.15, 0.2) is 0 Å². The van der Waals surface area contributed by atoms with E-state index in [2.05, 4.69) is 23.2 Å². The number of likely N-dealkylation sites (N-methyl/N-ethyl adjacent to an activating group) is 1. The number of hydrogen-bond acceptors (Lipinski definition) is 3. The van der Waals surface area contributed by atoms with Gasteiger partial charge >= 0.3 is 0 Å². The van der Waals surface area contributed by atoms with Crippen LogP contribution in [0.4, 0.5) is 0 Å². The monoisotopic (exact) mass is 263 g/mol. The molecule has 1 aliphatic carbocycles. The molecule has 1 N–H and O–H groups in total. The number of nitrogens with one attached hydrogen (secondary N) is 1. The topological polar surface area (TPSA) is 56.1 Å². The van der Waals surface area contributed by atoms with Gasteiger partial charge in [-0.15, -0.1) is 0 Å². The second-order valence-corrected chi connectivity index (χ2v) is 5.90. The zero-order chi connectivity index (χ0) is 13.8. The van der Waals surface area contributed by atoms with Crippen molar-refractivity contribution in [3.05, 3.63) is 0 Å². The zero-order valence-electron chi connectivity index (χ0n) is 12.1. The fraction of sp³-hybridized carbons (Fsp3) is 0.867. The standard InChI is InChI=1S/C15H25N3O/c1-3-11-6-7-12(10-16)14(9-11)18-8-4-5-13(18)15(19)17-2/h11-14H,3-9H2,1-2H3,(H,17,19). The summed E-state index contributed by atoms with van der Waals surface area (Å²) in [5.74, 6) is 0.946. The Morgan fingerprint density at radius 2 is 2.21 bits per heavy atom. The third-order valence-electron chi connectivity index (χ3n) is 4.94. The summed E-state index contributed by atoms with van der Waals surface area (Å²) in [6.07, 6.45) is 6.45. The molecule has 0 aromatic carbocycles. The summed E-state index contributed by atoms with van der Waals surface area (Å²) in [4.78, 5) is 14.3. The minimum atomic E-state index is -0.0125. The van der Waals surface area contributed by atoms with Crippen LogP contribution in [0.3, 0.4) is 0 Å². The summed E-state index contributed by atoms with van der Waals surface area (Å²) in [5, 5.41) is 12.2. The third kappa shape index (κ3) is 2.92. The molecule has 0 spiro atoms. The Labute approximate surface area is 116 Å². The van der Waals surface area contributed by atoms with Crippen molar-refractivity contribution in [2.45, 2.75) is 57.5 Å². The van der Waals surface area contributed by atoms with E-state index in [-0.39, 0.29) is 23.9 Å². The highest BCUT2D eigenvalue weighted by atomic mass is 16.2. The van der Waals surface area contributed by atoms with Gasteiger partial charge in [0, 0.05) is 13.1 Å². The fourth-order valence-corrected chi connectivity index (χ4v) is 3.75. The predicted molar refractivity (Wildman–Crippen MR) is 74.3 cm³/mol. The smallest absolute Gasteiger partial charge is 0.237 e. The Kier molecular flexibility index (Phi) is 4.81. The first-order chi connectivity index (χ1) is 9.21. The first kappa shape index (κ1) is 14.3. The molecule has 1 saturated heterocycles. The summed E-state index contributed by atoms with van der Waals surface area (Å²) in [6.45, 7) is 3.20. The Bertz CT molecular complexity index is 363. The fourth-order valence-electron chi connectivity index (χ4n) is 3.75. The van der Waals surface area contributed by atoms with Gasteiger partial charge in [-0.1, -0.05) is 13.3 Å². The second-order valence-electron chi connectivity index (χ2n) is 5.90. The van der Waals surface area contributed by atoms with Crippen molar-refractivity contribution >= 4 is 5.91 Å². The molecular formula is C15H25N3O. The Morgan fingerprint density at radius 1 is 1.42 bits per heavy atom. The molecule has 1 saturated carbocycles. The lowest BCUT2D eigenvalue weighted by Gasteiger charge is -2.40. The van der Waals surface area contributed by atoms with Crippen LogP contribution in [0.5, 0.6) is 0 Å². The number of carbonyl (C=O) groups is 1. The van der Waals surface area contributed by atoms with Gasteiger partial charge in [0.2, 0.25) is 5.91 Å². The normalized spacial score (nSPS) is 35.8. The molecule has 0 aromatic heterocycles. The van der Waals surface area contributed by atoms with Gasteiger partial charge < -0.3 is 5.32 Å². The number of amides is 1. The van der Waals surface area contributed by atoms with E-state index in [9.17, 15) is 10.1 Å². The van der Waals surface area contributed by atoms with Crippen LogP contribution in [-0.4, -0.2) is 36.5 Å². The number of likely N-dealkylation sites (tertiary alicyclic amines) is 1. The maximum atomic E-state index is 12.0. The van der Waals surface area contributed by atoms with Crippen LogP contribution in [0, 0.1) is 23.2 Å². The highest BCUT2D eigenvalue weighted by Crippen LogP contribution is 2.36. The molecule has 106 valence electrons. The molecule has 4 atom stereocenters.